The van der Waals surface area contributed by atoms with Crippen molar-refractivity contribution in [2.45, 2.75) is 18.8 Å². The minimum Gasteiger partial charge on any atom is -0.378 e. The number of fused-ring (bicyclic) bond motifs is 3. The van der Waals surface area contributed by atoms with Crippen molar-refractivity contribution in [3.63, 3.8) is 0 Å². The zero-order chi connectivity index (χ0) is 19.8. The molecule has 150 valence electrons. The predicted molar refractivity (Wildman–Crippen MR) is 112 cm³/mol. The van der Waals surface area contributed by atoms with Gasteiger partial charge in [-0.15, -0.1) is 0 Å². The Morgan fingerprint density at radius 3 is 3.10 bits per heavy atom. The zero-order valence-corrected chi connectivity index (χ0v) is 16.4. The first-order valence-corrected chi connectivity index (χ1v) is 9.85. The molecular weight excluding hydrogens is 392 g/mol. The monoisotopic (exact) mass is 412 g/mol. The van der Waals surface area contributed by atoms with Crippen LogP contribution in [0.3, 0.4) is 0 Å². The number of hydrogen-bond acceptors (Lipinski definition) is 6. The molecule has 4 heterocycles. The average Bonchev–Trinajstić information content (AvgIpc) is 3.36. The highest BCUT2D eigenvalue weighted by molar-refractivity contribution is 6.32. The molecule has 3 aromatic heterocycles. The Morgan fingerprint density at radius 2 is 2.24 bits per heavy atom. The standard InChI is InChI=1S/C20H21ClN6O2/c21-12-5-15-14-1-2-22-8-17(14)25-19(15)16(6-12)26-20(28)18-10-29-4-3-27(18)9-13-7-23-11-24-13/h1-2,5-8,11,18,20,25-26,28H,3-4,9-10H2,(H,23,24)/t18?,20-/m0/s1. The highest BCUT2D eigenvalue weighted by Crippen LogP contribution is 2.33. The molecule has 0 amide bonds. The molecule has 0 saturated carbocycles. The van der Waals surface area contributed by atoms with Crippen LogP contribution in [0.1, 0.15) is 5.69 Å². The smallest absolute Gasteiger partial charge is 0.142 e. The summed E-state index contributed by atoms with van der Waals surface area (Å²) in [4.78, 5) is 16.9. The van der Waals surface area contributed by atoms with Crippen molar-refractivity contribution < 1.29 is 9.84 Å². The van der Waals surface area contributed by atoms with E-state index in [2.05, 4.69) is 30.2 Å². The lowest BCUT2D eigenvalue weighted by molar-refractivity contribution is -0.0545. The second kappa shape index (κ2) is 7.64. The quantitative estimate of drug-likeness (QED) is 0.376. The third-order valence-corrected chi connectivity index (χ3v) is 5.57. The SMILES string of the molecule is O[C@H](Nc1cc(Cl)cc2c1[nH]c1cnccc12)C1COCCN1Cc1cnc[nH]1. The van der Waals surface area contributed by atoms with E-state index in [1.807, 2.05) is 18.2 Å². The third kappa shape index (κ3) is 3.56. The van der Waals surface area contributed by atoms with Crippen molar-refractivity contribution in [2.24, 2.45) is 0 Å². The maximum atomic E-state index is 11.0. The van der Waals surface area contributed by atoms with Crippen molar-refractivity contribution in [1.29, 1.82) is 0 Å². The highest BCUT2D eigenvalue weighted by Gasteiger charge is 2.30. The van der Waals surface area contributed by atoms with Crippen LogP contribution in [-0.4, -0.2) is 62.0 Å². The molecule has 0 bridgehead atoms. The van der Waals surface area contributed by atoms with E-state index in [0.29, 0.717) is 24.8 Å². The number of benzene rings is 1. The first-order valence-electron chi connectivity index (χ1n) is 9.47. The minimum atomic E-state index is -0.843. The summed E-state index contributed by atoms with van der Waals surface area (Å²) in [6.07, 6.45) is 6.15. The van der Waals surface area contributed by atoms with E-state index in [-0.39, 0.29) is 6.04 Å². The van der Waals surface area contributed by atoms with E-state index in [1.54, 1.807) is 24.9 Å². The summed E-state index contributed by atoms with van der Waals surface area (Å²) in [7, 11) is 0. The van der Waals surface area contributed by atoms with Crippen molar-refractivity contribution in [3.8, 4) is 0 Å². The molecule has 0 aliphatic carbocycles. The fraction of sp³-hybridized carbons (Fsp3) is 0.300. The predicted octanol–water partition coefficient (Wildman–Crippen LogP) is 2.72. The molecule has 1 aromatic carbocycles. The number of morpholine rings is 1. The van der Waals surface area contributed by atoms with Crippen molar-refractivity contribution >= 4 is 39.1 Å². The maximum absolute atomic E-state index is 11.0. The van der Waals surface area contributed by atoms with Crippen molar-refractivity contribution in [1.82, 2.24) is 24.8 Å². The van der Waals surface area contributed by atoms with E-state index in [9.17, 15) is 5.11 Å². The summed E-state index contributed by atoms with van der Waals surface area (Å²) in [5.74, 6) is 0. The fourth-order valence-electron chi connectivity index (χ4n) is 3.92. The number of nitrogens with one attached hydrogen (secondary N) is 3. The molecule has 1 saturated heterocycles. The number of aromatic nitrogens is 4. The first kappa shape index (κ1) is 18.4. The number of anilines is 1. The van der Waals surface area contributed by atoms with E-state index < -0.39 is 6.23 Å². The largest absolute Gasteiger partial charge is 0.378 e. The van der Waals surface area contributed by atoms with Gasteiger partial charge in [0.1, 0.15) is 6.23 Å². The third-order valence-electron chi connectivity index (χ3n) is 5.35. The number of rotatable bonds is 5. The van der Waals surface area contributed by atoms with Crippen LogP contribution in [0.15, 0.2) is 43.1 Å². The van der Waals surface area contributed by atoms with Gasteiger partial charge in [-0.25, -0.2) is 4.98 Å². The second-order valence-electron chi connectivity index (χ2n) is 7.20. The second-order valence-corrected chi connectivity index (χ2v) is 7.64. The number of pyridine rings is 1. The number of ether oxygens (including phenoxy) is 1. The van der Waals surface area contributed by atoms with E-state index in [1.165, 1.54) is 0 Å². The number of aliphatic hydroxyl groups excluding tert-OH is 1. The fourth-order valence-corrected chi connectivity index (χ4v) is 4.14. The van der Waals surface area contributed by atoms with Gasteiger partial charge in [0.2, 0.25) is 0 Å². The number of aromatic amines is 2. The van der Waals surface area contributed by atoms with Gasteiger partial charge in [0.05, 0.1) is 48.5 Å². The lowest BCUT2D eigenvalue weighted by Gasteiger charge is -2.38. The molecule has 4 N–H and O–H groups in total. The van der Waals surface area contributed by atoms with Gasteiger partial charge < -0.3 is 25.1 Å². The van der Waals surface area contributed by atoms with Crippen LogP contribution in [-0.2, 0) is 11.3 Å². The molecule has 0 radical (unpaired) electrons. The number of nitrogens with zero attached hydrogens (tertiary/aromatic N) is 3. The van der Waals surface area contributed by atoms with Crippen LogP contribution in [0.25, 0.3) is 21.8 Å². The molecule has 29 heavy (non-hydrogen) atoms. The van der Waals surface area contributed by atoms with Gasteiger partial charge in [0, 0.05) is 47.0 Å². The van der Waals surface area contributed by atoms with Crippen molar-refractivity contribution in [3.05, 3.63) is 53.8 Å². The molecule has 1 aliphatic heterocycles. The summed E-state index contributed by atoms with van der Waals surface area (Å²) >= 11 is 6.38. The van der Waals surface area contributed by atoms with Crippen LogP contribution in [0.4, 0.5) is 5.69 Å². The van der Waals surface area contributed by atoms with Gasteiger partial charge in [-0.2, -0.15) is 0 Å². The van der Waals surface area contributed by atoms with E-state index >= 15 is 0 Å². The van der Waals surface area contributed by atoms with Crippen LogP contribution in [0.5, 0.6) is 0 Å². The summed E-state index contributed by atoms with van der Waals surface area (Å²) < 4.78 is 5.64. The molecule has 1 fully saturated rings. The number of halogens is 1. The Balaban J connectivity index is 1.44. The molecular formula is C20H21ClN6O2. The molecule has 1 unspecified atom stereocenters. The van der Waals surface area contributed by atoms with Gasteiger partial charge >= 0.3 is 0 Å². The molecule has 2 atom stereocenters. The van der Waals surface area contributed by atoms with E-state index in [0.717, 1.165) is 39.7 Å². The summed E-state index contributed by atoms with van der Waals surface area (Å²) in [5, 5.41) is 16.9. The molecule has 4 aromatic rings. The Morgan fingerprint density at radius 1 is 1.31 bits per heavy atom. The highest BCUT2D eigenvalue weighted by atomic mass is 35.5. The average molecular weight is 413 g/mol. The van der Waals surface area contributed by atoms with E-state index in [4.69, 9.17) is 16.3 Å². The van der Waals surface area contributed by atoms with Crippen LogP contribution >= 0.6 is 11.6 Å². The molecule has 0 spiro atoms. The summed E-state index contributed by atoms with van der Waals surface area (Å²) in [6.45, 7) is 2.46. The van der Waals surface area contributed by atoms with Gasteiger partial charge in [-0.1, -0.05) is 11.6 Å². The zero-order valence-electron chi connectivity index (χ0n) is 15.6. The number of imidazole rings is 1. The molecule has 1 aliphatic rings. The number of aliphatic hydroxyl groups is 1. The van der Waals surface area contributed by atoms with Gasteiger partial charge in [0.15, 0.2) is 0 Å². The topological polar surface area (TPSA) is 102 Å². The lowest BCUT2D eigenvalue weighted by Crippen LogP contribution is -2.53. The normalized spacial score (nSPS) is 19.0. The van der Waals surface area contributed by atoms with Crippen LogP contribution < -0.4 is 5.32 Å². The first-order chi connectivity index (χ1) is 14.2. The maximum Gasteiger partial charge on any atom is 0.142 e. The Hall–Kier alpha value is -2.65. The molecule has 8 nitrogen and oxygen atoms in total. The Kier molecular flexibility index (Phi) is 4.84. The summed E-state index contributed by atoms with van der Waals surface area (Å²) in [5.41, 5.74) is 3.54. The summed E-state index contributed by atoms with van der Waals surface area (Å²) in [6, 6.07) is 5.47. The van der Waals surface area contributed by atoms with Gasteiger partial charge in [-0.05, 0) is 18.2 Å². The van der Waals surface area contributed by atoms with Crippen LogP contribution in [0, 0.1) is 0 Å². The molecule has 5 rings (SSSR count). The van der Waals surface area contributed by atoms with Crippen LogP contribution in [0.2, 0.25) is 5.02 Å². The Bertz CT molecular complexity index is 1130. The molecule has 9 heteroatoms. The van der Waals surface area contributed by atoms with Gasteiger partial charge in [-0.3, -0.25) is 9.88 Å². The lowest BCUT2D eigenvalue weighted by atomic mass is 10.1. The minimum absolute atomic E-state index is 0.216. The number of hydrogen-bond donors (Lipinski definition) is 4. The number of H-pyrrole nitrogens is 2. The van der Waals surface area contributed by atoms with Gasteiger partial charge in [0.25, 0.3) is 0 Å². The Labute approximate surface area is 171 Å². The van der Waals surface area contributed by atoms with Crippen molar-refractivity contribution in [2.75, 3.05) is 25.1 Å².